The first-order valence-corrected chi connectivity index (χ1v) is 13.4. The van der Waals surface area contributed by atoms with Crippen molar-refractivity contribution in [2.24, 2.45) is 11.3 Å². The molecule has 2 N–H and O–H groups in total. The van der Waals surface area contributed by atoms with E-state index in [1.807, 2.05) is 6.07 Å². The van der Waals surface area contributed by atoms with Gasteiger partial charge in [-0.3, -0.25) is 0 Å². The molecule has 0 aromatic heterocycles. The van der Waals surface area contributed by atoms with E-state index < -0.39 is 0 Å². The molecule has 4 fully saturated rings. The molecule has 190 valence electrons. The number of urea groups is 1. The van der Waals surface area contributed by atoms with Gasteiger partial charge in [-0.1, -0.05) is 55.5 Å². The van der Waals surface area contributed by atoms with Crippen LogP contribution >= 0.6 is 0 Å². The van der Waals surface area contributed by atoms with Crippen LogP contribution in [0.25, 0.3) is 5.57 Å². The number of methoxy groups -OCH3 is 1. The average Bonchev–Trinajstić information content (AvgIpc) is 3.69. The molecular weight excluding hydrogens is 438 g/mol. The van der Waals surface area contributed by atoms with Gasteiger partial charge in [0.15, 0.2) is 0 Å². The van der Waals surface area contributed by atoms with Gasteiger partial charge in [-0.2, -0.15) is 0 Å². The largest absolute Gasteiger partial charge is 0.382 e. The van der Waals surface area contributed by atoms with E-state index in [0.717, 1.165) is 32.2 Å². The normalized spacial score (nSPS) is 32.7. The van der Waals surface area contributed by atoms with E-state index in [-0.39, 0.29) is 22.5 Å². The van der Waals surface area contributed by atoms with Crippen molar-refractivity contribution in [1.82, 2.24) is 15.5 Å². The molecule has 3 aliphatic heterocycles. The highest BCUT2D eigenvalue weighted by Gasteiger charge is 2.59. The lowest BCUT2D eigenvalue weighted by Crippen LogP contribution is -2.69. The fourth-order valence-corrected chi connectivity index (χ4v) is 6.67. The number of carbonyl (C=O) groups is 1. The SMILES string of the molecule is CCC1(NC(=O)NC2(C3(COCCOC)C=CC(c4ccccc4)=CC3)CC2)CN2CCC1CC2. The number of hydrogen-bond acceptors (Lipinski definition) is 4. The summed E-state index contributed by atoms with van der Waals surface area (Å²) in [6.45, 7) is 7.23. The third-order valence-corrected chi connectivity index (χ3v) is 9.09. The topological polar surface area (TPSA) is 62.8 Å². The molecule has 2 unspecified atom stereocenters. The van der Waals surface area contributed by atoms with E-state index in [1.165, 1.54) is 37.1 Å². The van der Waals surface area contributed by atoms with Gasteiger partial charge in [0.25, 0.3) is 0 Å². The number of nitrogens with one attached hydrogen (secondary N) is 2. The number of ether oxygens (including phenoxy) is 2. The third-order valence-electron chi connectivity index (χ3n) is 9.09. The summed E-state index contributed by atoms with van der Waals surface area (Å²) in [5.74, 6) is 0.579. The Morgan fingerprint density at radius 2 is 1.89 bits per heavy atom. The molecule has 2 bridgehead atoms. The molecule has 3 heterocycles. The van der Waals surface area contributed by atoms with Crippen molar-refractivity contribution in [2.45, 2.75) is 56.5 Å². The van der Waals surface area contributed by atoms with Gasteiger partial charge in [0, 0.05) is 19.1 Å². The molecule has 0 spiro atoms. The second-order valence-electron chi connectivity index (χ2n) is 11.0. The van der Waals surface area contributed by atoms with E-state index in [0.29, 0.717) is 25.7 Å². The average molecular weight is 480 g/mol. The van der Waals surface area contributed by atoms with Crippen LogP contribution in [0.3, 0.4) is 0 Å². The lowest BCUT2D eigenvalue weighted by atomic mass is 9.71. The molecule has 5 aliphatic rings. The number of amides is 2. The summed E-state index contributed by atoms with van der Waals surface area (Å²) >= 11 is 0. The van der Waals surface area contributed by atoms with Gasteiger partial charge in [0.1, 0.15) is 0 Å². The van der Waals surface area contributed by atoms with Crippen molar-refractivity contribution in [1.29, 1.82) is 0 Å². The lowest BCUT2D eigenvalue weighted by molar-refractivity contribution is 0.00588. The second kappa shape index (κ2) is 10.1. The monoisotopic (exact) mass is 479 g/mol. The number of benzene rings is 1. The molecule has 1 aromatic carbocycles. The summed E-state index contributed by atoms with van der Waals surface area (Å²) in [6.07, 6.45) is 13.0. The molecule has 2 aliphatic carbocycles. The van der Waals surface area contributed by atoms with Crippen LogP contribution in [0.15, 0.2) is 48.6 Å². The number of piperidine rings is 3. The minimum atomic E-state index is -0.276. The first-order chi connectivity index (χ1) is 17.0. The van der Waals surface area contributed by atoms with E-state index >= 15 is 0 Å². The number of nitrogens with zero attached hydrogens (tertiary/aromatic N) is 1. The summed E-state index contributed by atoms with van der Waals surface area (Å²) in [6, 6.07) is 10.5. The van der Waals surface area contributed by atoms with Crippen LogP contribution in [0.4, 0.5) is 4.79 Å². The first kappa shape index (κ1) is 24.5. The number of rotatable bonds is 10. The van der Waals surface area contributed by atoms with Gasteiger partial charge in [-0.25, -0.2) is 4.79 Å². The molecule has 0 radical (unpaired) electrons. The molecule has 1 saturated carbocycles. The predicted octanol–water partition coefficient (Wildman–Crippen LogP) is 4.39. The molecule has 3 saturated heterocycles. The van der Waals surface area contributed by atoms with Gasteiger partial charge < -0.3 is 25.0 Å². The Labute approximate surface area is 210 Å². The van der Waals surface area contributed by atoms with Crippen molar-refractivity contribution in [2.75, 3.05) is 46.6 Å². The van der Waals surface area contributed by atoms with Gasteiger partial charge in [0.2, 0.25) is 0 Å². The number of allylic oxidation sites excluding steroid dienone is 3. The highest BCUT2D eigenvalue weighted by molar-refractivity contribution is 5.78. The quantitative estimate of drug-likeness (QED) is 0.489. The fourth-order valence-electron chi connectivity index (χ4n) is 6.67. The van der Waals surface area contributed by atoms with Crippen molar-refractivity contribution >= 4 is 11.6 Å². The summed E-state index contributed by atoms with van der Waals surface area (Å²) < 4.78 is 11.3. The summed E-state index contributed by atoms with van der Waals surface area (Å²) in [5.41, 5.74) is 1.81. The highest BCUT2D eigenvalue weighted by atomic mass is 16.5. The second-order valence-corrected chi connectivity index (χ2v) is 11.0. The Hall–Kier alpha value is -2.15. The predicted molar refractivity (Wildman–Crippen MR) is 139 cm³/mol. The standard InChI is InChI=1S/C29H41N3O3/c1-3-28(21-32-17-11-25(28)12-18-32)30-26(33)31-29(15-16-29)27(22-35-20-19-34-2)13-9-24(10-14-27)23-7-5-4-6-8-23/h4-10,13,25H,3,11-12,14-22H2,1-2H3,(H2,30,31,33). The minimum absolute atomic E-state index is 0.0133. The molecule has 35 heavy (non-hydrogen) atoms. The molecular formula is C29H41N3O3. The maximum atomic E-state index is 13.5. The Morgan fingerprint density at radius 3 is 2.46 bits per heavy atom. The van der Waals surface area contributed by atoms with Crippen LogP contribution in [0.5, 0.6) is 0 Å². The molecule has 2 atom stereocenters. The molecule has 2 amide bonds. The van der Waals surface area contributed by atoms with Crippen LogP contribution in [0, 0.1) is 11.3 Å². The molecule has 6 heteroatoms. The summed E-state index contributed by atoms with van der Waals surface area (Å²) in [5, 5.41) is 6.96. The number of fused-ring (bicyclic) bond motifs is 3. The van der Waals surface area contributed by atoms with Crippen LogP contribution < -0.4 is 10.6 Å². The fraction of sp³-hybridized carbons (Fsp3) is 0.621. The lowest BCUT2D eigenvalue weighted by Gasteiger charge is -2.53. The van der Waals surface area contributed by atoms with Crippen molar-refractivity contribution < 1.29 is 14.3 Å². The molecule has 1 aromatic rings. The maximum absolute atomic E-state index is 13.5. The van der Waals surface area contributed by atoms with Crippen LogP contribution in [-0.4, -0.2) is 68.6 Å². The van der Waals surface area contributed by atoms with Crippen molar-refractivity contribution in [3.8, 4) is 0 Å². The number of carbonyl (C=O) groups excluding carboxylic acids is 1. The van der Waals surface area contributed by atoms with E-state index in [2.05, 4.69) is 65.0 Å². The van der Waals surface area contributed by atoms with Crippen LogP contribution in [0.1, 0.15) is 51.0 Å². The Balaban J connectivity index is 1.32. The molecule has 6 rings (SSSR count). The zero-order valence-electron chi connectivity index (χ0n) is 21.4. The van der Waals surface area contributed by atoms with Gasteiger partial charge in [-0.15, -0.1) is 0 Å². The van der Waals surface area contributed by atoms with Gasteiger partial charge in [0.05, 0.1) is 30.9 Å². The maximum Gasteiger partial charge on any atom is 0.315 e. The first-order valence-electron chi connectivity index (χ1n) is 13.4. The minimum Gasteiger partial charge on any atom is -0.382 e. The zero-order valence-corrected chi connectivity index (χ0v) is 21.4. The van der Waals surface area contributed by atoms with Gasteiger partial charge in [-0.05, 0) is 68.7 Å². The summed E-state index contributed by atoms with van der Waals surface area (Å²) in [7, 11) is 1.70. The Bertz CT molecular complexity index is 949. The Morgan fingerprint density at radius 1 is 1.11 bits per heavy atom. The number of hydrogen-bond donors (Lipinski definition) is 2. The van der Waals surface area contributed by atoms with E-state index in [4.69, 9.17) is 9.47 Å². The van der Waals surface area contributed by atoms with E-state index in [9.17, 15) is 4.79 Å². The van der Waals surface area contributed by atoms with Crippen molar-refractivity contribution in [3.63, 3.8) is 0 Å². The van der Waals surface area contributed by atoms with Crippen LogP contribution in [-0.2, 0) is 9.47 Å². The van der Waals surface area contributed by atoms with Gasteiger partial charge >= 0.3 is 6.03 Å². The summed E-state index contributed by atoms with van der Waals surface area (Å²) in [4.78, 5) is 16.0. The Kier molecular flexibility index (Phi) is 7.06. The molecule has 6 nitrogen and oxygen atoms in total. The highest BCUT2D eigenvalue weighted by Crippen LogP contribution is 2.55. The third kappa shape index (κ3) is 4.81. The van der Waals surface area contributed by atoms with E-state index in [1.54, 1.807) is 7.11 Å². The van der Waals surface area contributed by atoms with Crippen molar-refractivity contribution in [3.05, 3.63) is 54.1 Å². The van der Waals surface area contributed by atoms with Crippen LogP contribution in [0.2, 0.25) is 0 Å². The smallest absolute Gasteiger partial charge is 0.315 e. The zero-order chi connectivity index (χ0) is 24.4.